The first-order valence-electron chi connectivity index (χ1n) is 6.34. The Bertz CT molecular complexity index is 303. The molecule has 1 saturated heterocycles. The molecule has 2 heterocycles. The standard InChI is InChI=1S/C13H22N2S/c1-2-6-15-7-3-12(11-15)10-14-13-4-8-16-9-5-13/h3,7,11,13-14H,2,4-6,8-10H2,1H3. The molecule has 3 heteroatoms. The van der Waals surface area contributed by atoms with Crippen molar-refractivity contribution in [1.29, 1.82) is 0 Å². The minimum absolute atomic E-state index is 0.746. The predicted octanol–water partition coefficient (Wildman–Crippen LogP) is 2.88. The summed E-state index contributed by atoms with van der Waals surface area (Å²) in [5.74, 6) is 2.66. The fourth-order valence-corrected chi connectivity index (χ4v) is 3.26. The largest absolute Gasteiger partial charge is 0.354 e. The van der Waals surface area contributed by atoms with E-state index in [0.29, 0.717) is 0 Å². The molecule has 2 rings (SSSR count). The van der Waals surface area contributed by atoms with Gasteiger partial charge in [0.1, 0.15) is 0 Å². The van der Waals surface area contributed by atoms with Gasteiger partial charge in [-0.05, 0) is 42.4 Å². The van der Waals surface area contributed by atoms with E-state index in [1.54, 1.807) is 0 Å². The van der Waals surface area contributed by atoms with E-state index in [1.165, 1.54) is 36.3 Å². The lowest BCUT2D eigenvalue weighted by atomic mass is 10.1. The van der Waals surface area contributed by atoms with Crippen molar-refractivity contribution in [1.82, 2.24) is 9.88 Å². The van der Waals surface area contributed by atoms with Crippen LogP contribution in [0.5, 0.6) is 0 Å². The number of thioether (sulfide) groups is 1. The Labute approximate surface area is 103 Å². The van der Waals surface area contributed by atoms with Gasteiger partial charge in [0.05, 0.1) is 0 Å². The molecule has 1 aromatic heterocycles. The molecule has 0 spiro atoms. The van der Waals surface area contributed by atoms with Gasteiger partial charge in [0, 0.05) is 31.5 Å². The third kappa shape index (κ3) is 3.56. The molecule has 1 fully saturated rings. The Hall–Kier alpha value is -0.410. The molecule has 0 amide bonds. The van der Waals surface area contributed by atoms with Crippen LogP contribution in [0.25, 0.3) is 0 Å². The molecule has 1 N–H and O–H groups in total. The zero-order valence-corrected chi connectivity index (χ0v) is 10.9. The summed E-state index contributed by atoms with van der Waals surface area (Å²) in [7, 11) is 0. The van der Waals surface area contributed by atoms with E-state index in [4.69, 9.17) is 0 Å². The summed E-state index contributed by atoms with van der Waals surface area (Å²) in [5, 5.41) is 3.67. The molecule has 0 unspecified atom stereocenters. The number of aryl methyl sites for hydroxylation is 1. The van der Waals surface area contributed by atoms with Crippen LogP contribution in [0, 0.1) is 0 Å². The predicted molar refractivity (Wildman–Crippen MR) is 71.9 cm³/mol. The van der Waals surface area contributed by atoms with E-state index >= 15 is 0 Å². The van der Waals surface area contributed by atoms with Crippen LogP contribution >= 0.6 is 11.8 Å². The molecule has 0 saturated carbocycles. The fourth-order valence-electron chi connectivity index (χ4n) is 2.16. The van der Waals surface area contributed by atoms with Crippen LogP contribution in [0.15, 0.2) is 18.5 Å². The Morgan fingerprint density at radius 3 is 3.00 bits per heavy atom. The van der Waals surface area contributed by atoms with Crippen LogP contribution in [0.3, 0.4) is 0 Å². The lowest BCUT2D eigenvalue weighted by Gasteiger charge is -2.22. The first-order chi connectivity index (χ1) is 7.88. The van der Waals surface area contributed by atoms with Gasteiger partial charge in [0.2, 0.25) is 0 Å². The molecular formula is C13H22N2S. The quantitative estimate of drug-likeness (QED) is 0.849. The van der Waals surface area contributed by atoms with Gasteiger partial charge in [0.25, 0.3) is 0 Å². The van der Waals surface area contributed by atoms with Crippen molar-refractivity contribution in [2.24, 2.45) is 0 Å². The third-order valence-corrected chi connectivity index (χ3v) is 4.16. The number of hydrogen-bond acceptors (Lipinski definition) is 2. The molecule has 1 aliphatic rings. The molecule has 0 radical (unpaired) electrons. The first-order valence-corrected chi connectivity index (χ1v) is 7.49. The molecule has 16 heavy (non-hydrogen) atoms. The van der Waals surface area contributed by atoms with Gasteiger partial charge in [-0.2, -0.15) is 11.8 Å². The lowest BCUT2D eigenvalue weighted by Crippen LogP contribution is -2.31. The van der Waals surface area contributed by atoms with Crippen molar-refractivity contribution in [2.75, 3.05) is 11.5 Å². The molecule has 90 valence electrons. The van der Waals surface area contributed by atoms with Crippen LogP contribution in [0.1, 0.15) is 31.7 Å². The van der Waals surface area contributed by atoms with Gasteiger partial charge in [0.15, 0.2) is 0 Å². The second-order valence-electron chi connectivity index (χ2n) is 4.53. The Balaban J connectivity index is 1.75. The smallest absolute Gasteiger partial charge is 0.0223 e. The molecule has 0 atom stereocenters. The zero-order chi connectivity index (χ0) is 11.2. The van der Waals surface area contributed by atoms with Crippen molar-refractivity contribution >= 4 is 11.8 Å². The van der Waals surface area contributed by atoms with Gasteiger partial charge in [-0.1, -0.05) is 6.92 Å². The Morgan fingerprint density at radius 2 is 2.25 bits per heavy atom. The summed E-state index contributed by atoms with van der Waals surface area (Å²) in [6, 6.07) is 2.98. The number of nitrogens with zero attached hydrogens (tertiary/aromatic N) is 1. The highest BCUT2D eigenvalue weighted by Gasteiger charge is 2.12. The van der Waals surface area contributed by atoms with E-state index in [-0.39, 0.29) is 0 Å². The van der Waals surface area contributed by atoms with E-state index in [0.717, 1.165) is 19.1 Å². The highest BCUT2D eigenvalue weighted by Crippen LogP contribution is 2.17. The van der Waals surface area contributed by atoms with Gasteiger partial charge in [-0.25, -0.2) is 0 Å². The Kier molecular flexibility index (Phi) is 4.79. The highest BCUT2D eigenvalue weighted by molar-refractivity contribution is 7.99. The van der Waals surface area contributed by atoms with E-state index in [1.807, 2.05) is 0 Å². The summed E-state index contributed by atoms with van der Waals surface area (Å²) < 4.78 is 2.29. The second-order valence-corrected chi connectivity index (χ2v) is 5.75. The minimum atomic E-state index is 0.746. The molecule has 0 bridgehead atoms. The Morgan fingerprint density at radius 1 is 1.44 bits per heavy atom. The van der Waals surface area contributed by atoms with Crippen molar-refractivity contribution in [3.8, 4) is 0 Å². The van der Waals surface area contributed by atoms with Crippen molar-refractivity contribution < 1.29 is 0 Å². The van der Waals surface area contributed by atoms with Gasteiger partial charge in [-0.3, -0.25) is 0 Å². The van der Waals surface area contributed by atoms with Crippen molar-refractivity contribution in [3.05, 3.63) is 24.0 Å². The maximum absolute atomic E-state index is 3.67. The van der Waals surface area contributed by atoms with Crippen LogP contribution < -0.4 is 5.32 Å². The van der Waals surface area contributed by atoms with Gasteiger partial charge >= 0.3 is 0 Å². The van der Waals surface area contributed by atoms with Crippen LogP contribution in [-0.4, -0.2) is 22.1 Å². The normalized spacial score (nSPS) is 17.8. The van der Waals surface area contributed by atoms with Gasteiger partial charge < -0.3 is 9.88 Å². The van der Waals surface area contributed by atoms with Crippen molar-refractivity contribution in [3.63, 3.8) is 0 Å². The minimum Gasteiger partial charge on any atom is -0.354 e. The summed E-state index contributed by atoms with van der Waals surface area (Å²) in [6.45, 7) is 4.39. The van der Waals surface area contributed by atoms with E-state index in [2.05, 4.69) is 47.0 Å². The topological polar surface area (TPSA) is 17.0 Å². The maximum Gasteiger partial charge on any atom is 0.0223 e. The lowest BCUT2D eigenvalue weighted by molar-refractivity contribution is 0.482. The fraction of sp³-hybridized carbons (Fsp3) is 0.692. The monoisotopic (exact) mass is 238 g/mol. The molecule has 2 nitrogen and oxygen atoms in total. The highest BCUT2D eigenvalue weighted by atomic mass is 32.2. The van der Waals surface area contributed by atoms with Crippen LogP contribution in [-0.2, 0) is 13.1 Å². The van der Waals surface area contributed by atoms with Crippen LogP contribution in [0.2, 0.25) is 0 Å². The number of nitrogens with one attached hydrogen (secondary N) is 1. The van der Waals surface area contributed by atoms with Gasteiger partial charge in [-0.15, -0.1) is 0 Å². The molecule has 1 aliphatic heterocycles. The maximum atomic E-state index is 3.67. The number of rotatable bonds is 5. The first kappa shape index (κ1) is 12.1. The third-order valence-electron chi connectivity index (χ3n) is 3.11. The number of hydrogen-bond donors (Lipinski definition) is 1. The summed E-state index contributed by atoms with van der Waals surface area (Å²) in [6.07, 6.45) is 8.34. The zero-order valence-electron chi connectivity index (χ0n) is 10.1. The van der Waals surface area contributed by atoms with Crippen molar-refractivity contribution in [2.45, 2.75) is 45.3 Å². The molecular weight excluding hydrogens is 216 g/mol. The SMILES string of the molecule is CCCn1ccc(CNC2CCSCC2)c1. The average Bonchev–Trinajstić information content (AvgIpc) is 2.76. The second kappa shape index (κ2) is 6.36. The summed E-state index contributed by atoms with van der Waals surface area (Å²) >= 11 is 2.09. The molecule has 1 aromatic rings. The number of aromatic nitrogens is 1. The van der Waals surface area contributed by atoms with E-state index in [9.17, 15) is 0 Å². The summed E-state index contributed by atoms with van der Waals surface area (Å²) in [5.41, 5.74) is 1.42. The average molecular weight is 238 g/mol. The molecule has 0 aromatic carbocycles. The van der Waals surface area contributed by atoms with E-state index < -0.39 is 0 Å². The molecule has 0 aliphatic carbocycles. The summed E-state index contributed by atoms with van der Waals surface area (Å²) in [4.78, 5) is 0. The van der Waals surface area contributed by atoms with Crippen LogP contribution in [0.4, 0.5) is 0 Å².